The lowest BCUT2D eigenvalue weighted by atomic mass is 10.1. The quantitative estimate of drug-likeness (QED) is 0.249. The molecule has 0 radical (unpaired) electrons. The molecule has 1 unspecified atom stereocenters. The topological polar surface area (TPSA) is 150 Å². The number of hydrogen-bond acceptors (Lipinski definition) is 11. The van der Waals surface area contributed by atoms with Crippen LogP contribution < -0.4 is 4.90 Å². The van der Waals surface area contributed by atoms with E-state index >= 15 is 0 Å². The van der Waals surface area contributed by atoms with Gasteiger partial charge in [-0.2, -0.15) is 4.31 Å². The lowest BCUT2D eigenvalue weighted by molar-refractivity contribution is -0.139. The molecular weight excluding hydrogens is 704 g/mol. The molecule has 1 atom stereocenters. The van der Waals surface area contributed by atoms with Crippen molar-refractivity contribution >= 4 is 41.4 Å². The molecule has 6 rings (SSSR count). The van der Waals surface area contributed by atoms with Gasteiger partial charge in [-0.1, -0.05) is 52.8 Å². The number of hydrogen-bond donors (Lipinski definition) is 0. The highest BCUT2D eigenvalue weighted by molar-refractivity contribution is 8.13. The first-order chi connectivity index (χ1) is 23.6. The smallest absolute Gasteiger partial charge is 0.266 e. The Hall–Kier alpha value is -3.76. The second-order valence-electron chi connectivity index (χ2n) is 12.7. The minimum atomic E-state index is -3.86. The fourth-order valence-electron chi connectivity index (χ4n) is 6.49. The van der Waals surface area contributed by atoms with E-state index in [0.29, 0.717) is 38.4 Å². The first-order valence-corrected chi connectivity index (χ1v) is 20.0. The van der Waals surface area contributed by atoms with Crippen LogP contribution in [0.5, 0.6) is 0 Å². The van der Waals surface area contributed by atoms with Crippen molar-refractivity contribution in [3.63, 3.8) is 0 Å². The first kappa shape index (κ1) is 37.5. The molecule has 0 spiro atoms. The zero-order valence-corrected chi connectivity index (χ0v) is 31.5. The van der Waals surface area contributed by atoms with E-state index in [-0.39, 0.29) is 39.5 Å². The molecule has 270 valence electrons. The van der Waals surface area contributed by atoms with Gasteiger partial charge in [0.05, 0.1) is 0 Å². The van der Waals surface area contributed by atoms with Gasteiger partial charge in [-0.25, -0.2) is 16.8 Å². The molecule has 4 heterocycles. The predicted molar refractivity (Wildman–Crippen MR) is 189 cm³/mol. The molecule has 2 aromatic heterocycles. The molecule has 0 saturated carbocycles. The Morgan fingerprint density at radius 2 is 1.40 bits per heavy atom. The summed E-state index contributed by atoms with van der Waals surface area (Å²) in [5.74, 6) is 0.465. The van der Waals surface area contributed by atoms with E-state index in [4.69, 9.17) is 15.2 Å². The Morgan fingerprint density at radius 3 is 1.94 bits per heavy atom. The minimum Gasteiger partial charge on any atom is -0.368 e. The summed E-state index contributed by atoms with van der Waals surface area (Å²) in [6.07, 6.45) is 0. The SMILES string of the molecule is Cc1ccc(C)c(N2CCN(C(=O)C3CN(S(=O)(=O)c4c(C)noc4C)CCN3Cc3ccccc3)CC2)c1.Cc1noc(C)c1S(=O)(=O)Cl. The Kier molecular flexibility index (Phi) is 11.4. The third kappa shape index (κ3) is 8.23. The second-order valence-corrected chi connectivity index (χ2v) is 17.1. The van der Waals surface area contributed by atoms with Crippen molar-refractivity contribution in [2.45, 2.75) is 63.9 Å². The summed E-state index contributed by atoms with van der Waals surface area (Å²) in [4.78, 5) is 20.5. The molecule has 2 fully saturated rings. The molecule has 0 bridgehead atoms. The Labute approximate surface area is 298 Å². The molecule has 13 nitrogen and oxygen atoms in total. The van der Waals surface area contributed by atoms with E-state index in [0.717, 1.165) is 18.7 Å². The van der Waals surface area contributed by atoms with Gasteiger partial charge in [0.1, 0.15) is 27.2 Å². The second kappa shape index (κ2) is 15.2. The number of sulfonamides is 1. The van der Waals surface area contributed by atoms with Gasteiger partial charge in [0.2, 0.25) is 15.9 Å². The van der Waals surface area contributed by atoms with Crippen molar-refractivity contribution in [1.82, 2.24) is 24.4 Å². The first-order valence-electron chi connectivity index (χ1n) is 16.3. The zero-order chi connectivity index (χ0) is 36.4. The average molecular weight is 747 g/mol. The zero-order valence-electron chi connectivity index (χ0n) is 29.1. The van der Waals surface area contributed by atoms with Crippen molar-refractivity contribution in [3.8, 4) is 0 Å². The van der Waals surface area contributed by atoms with Crippen LogP contribution in [0, 0.1) is 41.5 Å². The van der Waals surface area contributed by atoms with Crippen molar-refractivity contribution < 1.29 is 30.7 Å². The van der Waals surface area contributed by atoms with Gasteiger partial charge in [-0.05, 0) is 64.3 Å². The normalized spacial score (nSPS) is 17.8. The van der Waals surface area contributed by atoms with Gasteiger partial charge < -0.3 is 18.8 Å². The molecule has 2 aliphatic rings. The number of carbonyl (C=O) groups is 1. The number of piperazine rings is 2. The van der Waals surface area contributed by atoms with Gasteiger partial charge in [0.25, 0.3) is 9.05 Å². The fourth-order valence-corrected chi connectivity index (χ4v) is 9.65. The van der Waals surface area contributed by atoms with Crippen LogP contribution in [0.2, 0.25) is 0 Å². The number of halogens is 1. The molecular formula is C34H43ClN6O7S2. The van der Waals surface area contributed by atoms with Crippen LogP contribution in [0.3, 0.4) is 0 Å². The van der Waals surface area contributed by atoms with Crippen molar-refractivity contribution in [3.05, 3.63) is 88.1 Å². The van der Waals surface area contributed by atoms with Crippen LogP contribution in [0.25, 0.3) is 0 Å². The standard InChI is InChI=1S/C29H37N5O4S.C5H6ClNO3S/c1-21-10-11-22(2)26(18-21)31-12-14-32(15-13-31)29(35)27-20-34(39(36,37)28-23(3)30-38-24(28)4)17-16-33(27)19-25-8-6-5-7-9-25;1-3-5(11(6,8)9)4(2)10-7-3/h5-11,18,27H,12-17,19-20H2,1-4H3;1-2H3. The monoisotopic (exact) mass is 746 g/mol. The number of carbonyl (C=O) groups excluding carboxylic acids is 1. The van der Waals surface area contributed by atoms with E-state index in [1.807, 2.05) is 35.2 Å². The third-order valence-corrected chi connectivity index (χ3v) is 12.7. The molecule has 2 aromatic carbocycles. The van der Waals surface area contributed by atoms with Gasteiger partial charge in [-0.3, -0.25) is 9.69 Å². The fraction of sp³-hybridized carbons (Fsp3) is 0.441. The van der Waals surface area contributed by atoms with E-state index in [2.05, 4.69) is 56.7 Å². The maximum absolute atomic E-state index is 14.0. The maximum atomic E-state index is 14.0. The molecule has 16 heteroatoms. The Morgan fingerprint density at radius 1 is 0.800 bits per heavy atom. The summed E-state index contributed by atoms with van der Waals surface area (Å²) < 4.78 is 60.1. The number of aromatic nitrogens is 2. The van der Waals surface area contributed by atoms with Crippen LogP contribution >= 0.6 is 10.7 Å². The molecule has 50 heavy (non-hydrogen) atoms. The number of aryl methyl sites for hydroxylation is 6. The van der Waals surface area contributed by atoms with Gasteiger partial charge in [-0.15, -0.1) is 0 Å². The lowest BCUT2D eigenvalue weighted by Crippen LogP contribution is -2.62. The third-order valence-electron chi connectivity index (χ3n) is 9.04. The summed E-state index contributed by atoms with van der Waals surface area (Å²) in [7, 11) is -2.48. The summed E-state index contributed by atoms with van der Waals surface area (Å²) in [6.45, 7) is 14.6. The number of rotatable bonds is 7. The number of anilines is 1. The van der Waals surface area contributed by atoms with Crippen LogP contribution in [0.1, 0.15) is 39.6 Å². The van der Waals surface area contributed by atoms with Crippen molar-refractivity contribution in [2.75, 3.05) is 50.7 Å². The molecule has 0 aliphatic carbocycles. The van der Waals surface area contributed by atoms with Crippen LogP contribution in [0.15, 0.2) is 67.4 Å². The largest absolute Gasteiger partial charge is 0.368 e. The Balaban J connectivity index is 0.000000377. The summed E-state index contributed by atoms with van der Waals surface area (Å²) >= 11 is 0. The number of nitrogens with zero attached hydrogens (tertiary/aromatic N) is 6. The maximum Gasteiger partial charge on any atom is 0.266 e. The lowest BCUT2D eigenvalue weighted by Gasteiger charge is -2.44. The van der Waals surface area contributed by atoms with Gasteiger partial charge in [0, 0.05) is 68.7 Å². The molecule has 1 amide bonds. The van der Waals surface area contributed by atoms with Gasteiger partial charge >= 0.3 is 0 Å². The van der Waals surface area contributed by atoms with Crippen LogP contribution in [-0.2, 0) is 30.4 Å². The molecule has 2 aliphatic heterocycles. The summed E-state index contributed by atoms with van der Waals surface area (Å²) in [6, 6.07) is 15.9. The van der Waals surface area contributed by atoms with E-state index in [1.165, 1.54) is 35.0 Å². The molecule has 2 saturated heterocycles. The van der Waals surface area contributed by atoms with Crippen molar-refractivity contribution in [2.24, 2.45) is 0 Å². The summed E-state index contributed by atoms with van der Waals surface area (Å²) in [5, 5.41) is 7.29. The molecule has 4 aromatic rings. The highest BCUT2D eigenvalue weighted by Crippen LogP contribution is 2.28. The minimum absolute atomic E-state index is 0.0230. The highest BCUT2D eigenvalue weighted by atomic mass is 35.7. The Bertz CT molecular complexity index is 2000. The van der Waals surface area contributed by atoms with E-state index in [1.54, 1.807) is 13.8 Å². The summed E-state index contributed by atoms with van der Waals surface area (Å²) in [5.41, 5.74) is 5.37. The van der Waals surface area contributed by atoms with E-state index in [9.17, 15) is 21.6 Å². The predicted octanol–water partition coefficient (Wildman–Crippen LogP) is 4.35. The van der Waals surface area contributed by atoms with E-state index < -0.39 is 25.1 Å². The van der Waals surface area contributed by atoms with Crippen LogP contribution in [-0.4, -0.2) is 99.0 Å². The van der Waals surface area contributed by atoms with Crippen molar-refractivity contribution in [1.29, 1.82) is 0 Å². The molecule has 0 N–H and O–H groups in total. The number of benzene rings is 2. The van der Waals surface area contributed by atoms with Gasteiger partial charge in [0.15, 0.2) is 11.5 Å². The highest BCUT2D eigenvalue weighted by Gasteiger charge is 2.41. The van der Waals surface area contributed by atoms with Crippen LogP contribution in [0.4, 0.5) is 5.69 Å². The number of amides is 1. The average Bonchev–Trinajstić information content (AvgIpc) is 3.61.